The first-order valence-electron chi connectivity index (χ1n) is 8.76. The Hall–Kier alpha value is -2.18. The molecule has 2 heterocycles. The van der Waals surface area contributed by atoms with Crippen LogP contribution in [0.3, 0.4) is 0 Å². The van der Waals surface area contributed by atoms with Crippen molar-refractivity contribution in [3.05, 3.63) is 70.1 Å². The SMILES string of the molecule is CN(Cc1ccncc1)C1CCc2nn(-c3ccc(Br)cc3)c(O)c2C1. The van der Waals surface area contributed by atoms with Gasteiger partial charge in [0.1, 0.15) is 0 Å². The van der Waals surface area contributed by atoms with Gasteiger partial charge in [0.2, 0.25) is 5.88 Å². The van der Waals surface area contributed by atoms with Crippen molar-refractivity contribution >= 4 is 15.9 Å². The van der Waals surface area contributed by atoms with E-state index in [9.17, 15) is 5.11 Å². The van der Waals surface area contributed by atoms with Crippen molar-refractivity contribution in [2.75, 3.05) is 7.05 Å². The summed E-state index contributed by atoms with van der Waals surface area (Å²) < 4.78 is 2.66. The van der Waals surface area contributed by atoms with Gasteiger partial charge in [-0.2, -0.15) is 5.10 Å². The summed E-state index contributed by atoms with van der Waals surface area (Å²) in [6.07, 6.45) is 6.41. The average molecular weight is 413 g/mol. The Morgan fingerprint density at radius 2 is 1.92 bits per heavy atom. The van der Waals surface area contributed by atoms with E-state index in [-0.39, 0.29) is 5.88 Å². The molecule has 3 aromatic rings. The van der Waals surface area contributed by atoms with E-state index in [0.29, 0.717) is 6.04 Å². The minimum Gasteiger partial charge on any atom is -0.493 e. The monoisotopic (exact) mass is 412 g/mol. The molecule has 1 N–H and O–H groups in total. The third-order valence-corrected chi connectivity index (χ3v) is 5.60. The Morgan fingerprint density at radius 1 is 1.19 bits per heavy atom. The molecule has 1 atom stereocenters. The second-order valence-electron chi connectivity index (χ2n) is 6.80. The Morgan fingerprint density at radius 3 is 2.65 bits per heavy atom. The molecule has 0 fully saturated rings. The molecule has 26 heavy (non-hydrogen) atoms. The molecule has 0 saturated carbocycles. The van der Waals surface area contributed by atoms with E-state index in [4.69, 9.17) is 0 Å². The highest BCUT2D eigenvalue weighted by molar-refractivity contribution is 9.10. The lowest BCUT2D eigenvalue weighted by molar-refractivity contribution is 0.212. The van der Waals surface area contributed by atoms with Gasteiger partial charge in [-0.05, 0) is 68.3 Å². The third-order valence-electron chi connectivity index (χ3n) is 5.07. The van der Waals surface area contributed by atoms with Crippen molar-refractivity contribution in [3.8, 4) is 11.6 Å². The Balaban J connectivity index is 1.54. The highest BCUT2D eigenvalue weighted by Crippen LogP contribution is 2.32. The summed E-state index contributed by atoms with van der Waals surface area (Å²) in [4.78, 5) is 6.43. The van der Waals surface area contributed by atoms with Crippen molar-refractivity contribution in [1.29, 1.82) is 0 Å². The molecule has 0 aliphatic heterocycles. The van der Waals surface area contributed by atoms with Gasteiger partial charge >= 0.3 is 0 Å². The molecule has 0 bridgehead atoms. The van der Waals surface area contributed by atoms with Crippen LogP contribution in [0.2, 0.25) is 0 Å². The number of nitrogens with zero attached hydrogens (tertiary/aromatic N) is 4. The summed E-state index contributed by atoms with van der Waals surface area (Å²) in [5.41, 5.74) is 4.12. The van der Waals surface area contributed by atoms with Gasteiger partial charge in [-0.15, -0.1) is 0 Å². The number of likely N-dealkylation sites (N-methyl/N-ethyl adjacent to an activating group) is 1. The molecule has 5 nitrogen and oxygen atoms in total. The smallest absolute Gasteiger partial charge is 0.217 e. The fraction of sp³-hybridized carbons (Fsp3) is 0.300. The molecule has 134 valence electrons. The largest absolute Gasteiger partial charge is 0.493 e. The van der Waals surface area contributed by atoms with Crippen LogP contribution in [0.1, 0.15) is 23.2 Å². The number of hydrogen-bond donors (Lipinski definition) is 1. The van der Waals surface area contributed by atoms with Crippen LogP contribution in [-0.4, -0.2) is 37.9 Å². The predicted molar refractivity (Wildman–Crippen MR) is 104 cm³/mol. The summed E-state index contributed by atoms with van der Waals surface area (Å²) in [7, 11) is 2.15. The number of pyridine rings is 1. The van der Waals surface area contributed by atoms with Gasteiger partial charge in [-0.1, -0.05) is 15.9 Å². The third kappa shape index (κ3) is 3.39. The molecular weight excluding hydrogens is 392 g/mol. The van der Waals surface area contributed by atoms with Crippen molar-refractivity contribution in [3.63, 3.8) is 0 Å². The molecule has 4 rings (SSSR count). The van der Waals surface area contributed by atoms with Crippen LogP contribution < -0.4 is 0 Å². The summed E-state index contributed by atoms with van der Waals surface area (Å²) in [6, 6.07) is 12.3. The highest BCUT2D eigenvalue weighted by atomic mass is 79.9. The zero-order chi connectivity index (χ0) is 18.1. The number of rotatable bonds is 4. The lowest BCUT2D eigenvalue weighted by Gasteiger charge is -2.30. The number of aromatic nitrogens is 3. The fourth-order valence-corrected chi connectivity index (χ4v) is 3.84. The van der Waals surface area contributed by atoms with Gasteiger partial charge in [0.25, 0.3) is 0 Å². The first-order chi connectivity index (χ1) is 12.6. The zero-order valence-electron chi connectivity index (χ0n) is 14.6. The quantitative estimate of drug-likeness (QED) is 0.709. The van der Waals surface area contributed by atoms with E-state index in [1.807, 2.05) is 48.8 Å². The summed E-state index contributed by atoms with van der Waals surface area (Å²) in [5.74, 6) is 0.268. The first kappa shape index (κ1) is 17.2. The van der Waals surface area contributed by atoms with Gasteiger partial charge in [0.05, 0.1) is 11.4 Å². The molecule has 0 radical (unpaired) electrons. The lowest BCUT2D eigenvalue weighted by atomic mass is 9.92. The van der Waals surface area contributed by atoms with Crippen LogP contribution in [0.4, 0.5) is 0 Å². The van der Waals surface area contributed by atoms with Crippen molar-refractivity contribution < 1.29 is 5.11 Å². The number of halogens is 1. The summed E-state index contributed by atoms with van der Waals surface area (Å²) in [6.45, 7) is 0.879. The van der Waals surface area contributed by atoms with E-state index in [0.717, 1.165) is 47.2 Å². The van der Waals surface area contributed by atoms with Crippen LogP contribution in [0, 0.1) is 0 Å². The molecular formula is C20H21BrN4O. The molecule has 0 spiro atoms. The van der Waals surface area contributed by atoms with Gasteiger partial charge in [-0.25, -0.2) is 4.68 Å². The lowest BCUT2D eigenvalue weighted by Crippen LogP contribution is -2.35. The Kier molecular flexibility index (Phi) is 4.78. The van der Waals surface area contributed by atoms with Crippen LogP contribution in [0.5, 0.6) is 5.88 Å². The summed E-state index contributed by atoms with van der Waals surface area (Å²) >= 11 is 3.44. The second kappa shape index (κ2) is 7.21. The number of benzene rings is 1. The molecule has 1 aliphatic rings. The van der Waals surface area contributed by atoms with Crippen molar-refractivity contribution in [2.24, 2.45) is 0 Å². The standard InChI is InChI=1S/C20H21BrN4O/c1-24(13-14-8-10-22-11-9-14)17-6-7-19-18(12-17)20(26)25(23-19)16-4-2-15(21)3-5-16/h2-5,8-11,17,26H,6-7,12-13H2,1H3. The second-order valence-corrected chi connectivity index (χ2v) is 7.72. The van der Waals surface area contributed by atoms with E-state index in [2.05, 4.69) is 38.0 Å². The maximum absolute atomic E-state index is 10.7. The Labute approximate surface area is 161 Å². The van der Waals surface area contributed by atoms with Crippen LogP contribution >= 0.6 is 15.9 Å². The van der Waals surface area contributed by atoms with Crippen molar-refractivity contribution in [2.45, 2.75) is 31.8 Å². The predicted octanol–water partition coefficient (Wildman–Crippen LogP) is 3.72. The minimum absolute atomic E-state index is 0.268. The van der Waals surface area contributed by atoms with Gasteiger partial charge in [-0.3, -0.25) is 9.88 Å². The van der Waals surface area contributed by atoms with Crippen molar-refractivity contribution in [1.82, 2.24) is 19.7 Å². The molecule has 0 amide bonds. The number of fused-ring (bicyclic) bond motifs is 1. The highest BCUT2D eigenvalue weighted by Gasteiger charge is 2.28. The topological polar surface area (TPSA) is 54.2 Å². The van der Waals surface area contributed by atoms with E-state index >= 15 is 0 Å². The van der Waals surface area contributed by atoms with Gasteiger partial charge < -0.3 is 5.11 Å². The Bertz CT molecular complexity index is 892. The molecule has 1 aliphatic carbocycles. The molecule has 2 aromatic heterocycles. The van der Waals surface area contributed by atoms with E-state index < -0.39 is 0 Å². The van der Waals surface area contributed by atoms with Crippen LogP contribution in [-0.2, 0) is 19.4 Å². The average Bonchev–Trinajstić information content (AvgIpc) is 2.99. The van der Waals surface area contributed by atoms with E-state index in [1.165, 1.54) is 5.56 Å². The molecule has 6 heteroatoms. The molecule has 0 saturated heterocycles. The fourth-order valence-electron chi connectivity index (χ4n) is 3.58. The normalized spacial score (nSPS) is 16.7. The molecule has 1 aromatic carbocycles. The molecule has 1 unspecified atom stereocenters. The van der Waals surface area contributed by atoms with Crippen LogP contribution in [0.15, 0.2) is 53.3 Å². The van der Waals surface area contributed by atoms with Gasteiger partial charge in [0, 0.05) is 35.0 Å². The number of hydrogen-bond acceptors (Lipinski definition) is 4. The maximum Gasteiger partial charge on any atom is 0.217 e. The number of aromatic hydroxyl groups is 1. The summed E-state index contributed by atoms with van der Waals surface area (Å²) in [5, 5.41) is 15.4. The van der Waals surface area contributed by atoms with Crippen LogP contribution in [0.25, 0.3) is 5.69 Å². The first-order valence-corrected chi connectivity index (χ1v) is 9.56. The number of aryl methyl sites for hydroxylation is 1. The minimum atomic E-state index is 0.268. The van der Waals surface area contributed by atoms with E-state index in [1.54, 1.807) is 4.68 Å². The zero-order valence-corrected chi connectivity index (χ0v) is 16.2. The van der Waals surface area contributed by atoms with Gasteiger partial charge in [0.15, 0.2) is 0 Å². The maximum atomic E-state index is 10.7.